The number of aryl methyl sites for hydroxylation is 1. The van der Waals surface area contributed by atoms with Gasteiger partial charge in [-0.05, 0) is 0 Å². The van der Waals surface area contributed by atoms with Crippen LogP contribution < -0.4 is 10.2 Å². The molecule has 70 valence electrons. The summed E-state index contributed by atoms with van der Waals surface area (Å²) in [6, 6.07) is 1.85. The van der Waals surface area contributed by atoms with Crippen molar-refractivity contribution in [1.82, 2.24) is 15.1 Å². The van der Waals surface area contributed by atoms with Gasteiger partial charge in [0.1, 0.15) is 5.82 Å². The lowest BCUT2D eigenvalue weighted by molar-refractivity contribution is -0.118. The molecule has 1 aliphatic heterocycles. The van der Waals surface area contributed by atoms with Crippen molar-refractivity contribution in [2.75, 3.05) is 24.5 Å². The first-order valence-electron chi connectivity index (χ1n) is 4.28. The first kappa shape index (κ1) is 8.25. The molecule has 0 unspecified atom stereocenters. The Labute approximate surface area is 76.3 Å². The molecule has 2 heterocycles. The lowest BCUT2D eigenvalue weighted by atomic mass is 10.3. The smallest absolute Gasteiger partial charge is 0.242 e. The quantitative estimate of drug-likeness (QED) is 0.625. The molecular weight excluding hydrogens is 168 g/mol. The van der Waals surface area contributed by atoms with Gasteiger partial charge in [-0.25, -0.2) is 0 Å². The molecular formula is C8H12N4O. The second-order valence-electron chi connectivity index (χ2n) is 3.04. The lowest BCUT2D eigenvalue weighted by Gasteiger charge is -2.26. The van der Waals surface area contributed by atoms with E-state index in [4.69, 9.17) is 0 Å². The zero-order chi connectivity index (χ0) is 9.26. The van der Waals surface area contributed by atoms with Gasteiger partial charge in [-0.15, -0.1) is 0 Å². The number of hydrogen-bond donors (Lipinski definition) is 1. The second-order valence-corrected chi connectivity index (χ2v) is 3.04. The van der Waals surface area contributed by atoms with E-state index in [1.54, 1.807) is 15.8 Å². The van der Waals surface area contributed by atoms with Crippen LogP contribution in [0.2, 0.25) is 0 Å². The summed E-state index contributed by atoms with van der Waals surface area (Å²) < 4.78 is 1.71. The number of rotatable bonds is 1. The number of hydrogen-bond acceptors (Lipinski definition) is 3. The molecule has 1 aliphatic rings. The fourth-order valence-corrected chi connectivity index (χ4v) is 1.48. The van der Waals surface area contributed by atoms with Gasteiger partial charge in [-0.3, -0.25) is 14.4 Å². The van der Waals surface area contributed by atoms with Gasteiger partial charge in [-0.1, -0.05) is 0 Å². The summed E-state index contributed by atoms with van der Waals surface area (Å²) in [7, 11) is 1.84. The minimum Gasteiger partial charge on any atom is -0.307 e. The number of piperazine rings is 1. The van der Waals surface area contributed by atoms with Crippen molar-refractivity contribution in [1.29, 1.82) is 0 Å². The Morgan fingerprint density at radius 3 is 3.08 bits per heavy atom. The number of aromatic nitrogens is 2. The third-order valence-corrected chi connectivity index (χ3v) is 2.16. The zero-order valence-electron chi connectivity index (χ0n) is 7.53. The van der Waals surface area contributed by atoms with Crippen LogP contribution in [-0.4, -0.2) is 35.3 Å². The number of carbonyl (C=O) groups is 1. The molecule has 1 saturated heterocycles. The van der Waals surface area contributed by atoms with E-state index < -0.39 is 0 Å². The van der Waals surface area contributed by atoms with E-state index in [2.05, 4.69) is 10.4 Å². The Bertz CT molecular complexity index is 320. The van der Waals surface area contributed by atoms with E-state index in [0.717, 1.165) is 18.9 Å². The number of nitrogens with zero attached hydrogens (tertiary/aromatic N) is 3. The number of nitrogens with one attached hydrogen (secondary N) is 1. The predicted octanol–water partition coefficient (Wildman–Crippen LogP) is -0.644. The lowest BCUT2D eigenvalue weighted by Crippen LogP contribution is -2.48. The van der Waals surface area contributed by atoms with Crippen LogP contribution in [0.4, 0.5) is 5.82 Å². The fourth-order valence-electron chi connectivity index (χ4n) is 1.48. The standard InChI is InChI=1S/C8H12N4O/c1-11-7(2-3-10-11)12-5-4-9-6-8(12)13/h2-3,9H,4-6H2,1H3. The molecule has 0 bridgehead atoms. The summed E-state index contributed by atoms with van der Waals surface area (Å²) in [5, 5.41) is 7.05. The molecule has 1 aromatic rings. The van der Waals surface area contributed by atoms with Crippen molar-refractivity contribution in [2.45, 2.75) is 0 Å². The highest BCUT2D eigenvalue weighted by molar-refractivity contribution is 5.94. The van der Waals surface area contributed by atoms with Crippen LogP contribution in [0.5, 0.6) is 0 Å². The monoisotopic (exact) mass is 180 g/mol. The maximum atomic E-state index is 11.5. The zero-order valence-corrected chi connectivity index (χ0v) is 7.53. The van der Waals surface area contributed by atoms with E-state index in [-0.39, 0.29) is 5.91 Å². The molecule has 0 aromatic carbocycles. The number of anilines is 1. The molecule has 1 fully saturated rings. The van der Waals surface area contributed by atoms with Crippen molar-refractivity contribution in [3.05, 3.63) is 12.3 Å². The van der Waals surface area contributed by atoms with Gasteiger partial charge in [0.2, 0.25) is 5.91 Å². The molecule has 5 heteroatoms. The van der Waals surface area contributed by atoms with Crippen LogP contribution in [0.25, 0.3) is 0 Å². The van der Waals surface area contributed by atoms with Crippen LogP contribution in [0.1, 0.15) is 0 Å². The Hall–Kier alpha value is -1.36. The van der Waals surface area contributed by atoms with Crippen molar-refractivity contribution >= 4 is 11.7 Å². The van der Waals surface area contributed by atoms with Crippen molar-refractivity contribution < 1.29 is 4.79 Å². The first-order chi connectivity index (χ1) is 6.29. The van der Waals surface area contributed by atoms with Gasteiger partial charge in [0.05, 0.1) is 12.7 Å². The Balaban J connectivity index is 2.24. The topological polar surface area (TPSA) is 50.2 Å². The Kier molecular flexibility index (Phi) is 2.02. The highest BCUT2D eigenvalue weighted by Gasteiger charge is 2.20. The molecule has 5 nitrogen and oxygen atoms in total. The molecule has 0 aliphatic carbocycles. The molecule has 1 aromatic heterocycles. The largest absolute Gasteiger partial charge is 0.307 e. The normalized spacial score (nSPS) is 17.9. The third kappa shape index (κ3) is 1.42. The van der Waals surface area contributed by atoms with Crippen molar-refractivity contribution in [3.8, 4) is 0 Å². The van der Waals surface area contributed by atoms with Crippen LogP contribution in [0.3, 0.4) is 0 Å². The maximum absolute atomic E-state index is 11.5. The van der Waals surface area contributed by atoms with Crippen LogP contribution >= 0.6 is 0 Å². The van der Waals surface area contributed by atoms with E-state index in [9.17, 15) is 4.79 Å². The Morgan fingerprint density at radius 1 is 1.62 bits per heavy atom. The van der Waals surface area contributed by atoms with E-state index in [1.807, 2.05) is 13.1 Å². The fraction of sp³-hybridized carbons (Fsp3) is 0.500. The number of carbonyl (C=O) groups excluding carboxylic acids is 1. The Morgan fingerprint density at radius 2 is 2.46 bits per heavy atom. The van der Waals surface area contributed by atoms with Crippen molar-refractivity contribution in [3.63, 3.8) is 0 Å². The van der Waals surface area contributed by atoms with Crippen LogP contribution in [0.15, 0.2) is 12.3 Å². The molecule has 0 saturated carbocycles. The average Bonchev–Trinajstić information content (AvgIpc) is 2.52. The van der Waals surface area contributed by atoms with Gasteiger partial charge in [-0.2, -0.15) is 5.10 Å². The van der Waals surface area contributed by atoms with Gasteiger partial charge in [0, 0.05) is 26.2 Å². The molecule has 0 spiro atoms. The SMILES string of the molecule is Cn1nccc1N1CCNCC1=O. The highest BCUT2D eigenvalue weighted by Crippen LogP contribution is 2.12. The molecule has 2 rings (SSSR count). The van der Waals surface area contributed by atoms with Gasteiger partial charge in [0.25, 0.3) is 0 Å². The van der Waals surface area contributed by atoms with E-state index >= 15 is 0 Å². The summed E-state index contributed by atoms with van der Waals surface area (Å²) in [6.07, 6.45) is 1.70. The minimum atomic E-state index is 0.106. The molecule has 1 amide bonds. The molecule has 13 heavy (non-hydrogen) atoms. The average molecular weight is 180 g/mol. The molecule has 0 radical (unpaired) electrons. The third-order valence-electron chi connectivity index (χ3n) is 2.16. The summed E-state index contributed by atoms with van der Waals surface area (Å²) in [5.74, 6) is 0.973. The minimum absolute atomic E-state index is 0.106. The first-order valence-corrected chi connectivity index (χ1v) is 4.28. The van der Waals surface area contributed by atoms with E-state index in [0.29, 0.717) is 6.54 Å². The maximum Gasteiger partial charge on any atom is 0.242 e. The number of amides is 1. The summed E-state index contributed by atoms with van der Waals surface area (Å²) in [5.41, 5.74) is 0. The molecule has 1 N–H and O–H groups in total. The van der Waals surface area contributed by atoms with Gasteiger partial charge < -0.3 is 5.32 Å². The molecule has 0 atom stereocenters. The van der Waals surface area contributed by atoms with E-state index in [1.165, 1.54) is 0 Å². The van der Waals surface area contributed by atoms with Gasteiger partial charge >= 0.3 is 0 Å². The van der Waals surface area contributed by atoms with Crippen LogP contribution in [-0.2, 0) is 11.8 Å². The summed E-state index contributed by atoms with van der Waals surface area (Å²) in [4.78, 5) is 13.2. The predicted molar refractivity (Wildman–Crippen MR) is 48.4 cm³/mol. The van der Waals surface area contributed by atoms with Gasteiger partial charge in [0.15, 0.2) is 0 Å². The van der Waals surface area contributed by atoms with Crippen molar-refractivity contribution in [2.24, 2.45) is 7.05 Å². The summed E-state index contributed by atoms with van der Waals surface area (Å²) >= 11 is 0. The highest BCUT2D eigenvalue weighted by atomic mass is 16.2. The second kappa shape index (κ2) is 3.18. The van der Waals surface area contributed by atoms with Crippen LogP contribution in [0, 0.1) is 0 Å². The summed E-state index contributed by atoms with van der Waals surface area (Å²) in [6.45, 7) is 1.99.